The molecule has 1 aliphatic rings. The maximum Gasteiger partial charge on any atom is 0.222 e. The van der Waals surface area contributed by atoms with E-state index in [4.69, 9.17) is 5.11 Å². The normalized spacial score (nSPS) is 16.5. The Labute approximate surface area is 124 Å². The van der Waals surface area contributed by atoms with Crippen molar-refractivity contribution in [2.75, 3.05) is 19.7 Å². The summed E-state index contributed by atoms with van der Waals surface area (Å²) in [6.07, 6.45) is 5.15. The lowest BCUT2D eigenvalue weighted by Crippen LogP contribution is -2.39. The zero-order valence-electron chi connectivity index (χ0n) is 12.2. The summed E-state index contributed by atoms with van der Waals surface area (Å²) in [6, 6.07) is 8.36. The highest BCUT2D eigenvalue weighted by atomic mass is 16.3. The molecule has 1 aliphatic heterocycles. The number of aliphatic hydroxyl groups is 1. The Bertz CT molecular complexity index is 612. The highest BCUT2D eigenvalue weighted by Crippen LogP contribution is 2.19. The number of aromatic amines is 1. The molecule has 0 bridgehead atoms. The molecule has 1 aromatic heterocycles. The predicted molar refractivity (Wildman–Crippen MR) is 83.0 cm³/mol. The molecular formula is C17H22N2O2. The minimum absolute atomic E-state index is 0.237. The van der Waals surface area contributed by atoms with Gasteiger partial charge in [-0.15, -0.1) is 0 Å². The van der Waals surface area contributed by atoms with Gasteiger partial charge >= 0.3 is 0 Å². The number of rotatable bonds is 4. The maximum atomic E-state index is 12.2. The van der Waals surface area contributed by atoms with E-state index in [0.717, 1.165) is 37.9 Å². The fourth-order valence-corrected chi connectivity index (χ4v) is 3.03. The SMILES string of the molecule is O=C(CCc1ccc2[nH]ccc2c1)N1CCC(CO)CC1. The highest BCUT2D eigenvalue weighted by Gasteiger charge is 2.21. The predicted octanol–water partition coefficient (Wildman–Crippen LogP) is 2.33. The minimum Gasteiger partial charge on any atom is -0.396 e. The van der Waals surface area contributed by atoms with Crippen LogP contribution >= 0.6 is 0 Å². The first-order valence-corrected chi connectivity index (χ1v) is 7.71. The Morgan fingerprint density at radius 3 is 2.86 bits per heavy atom. The molecular weight excluding hydrogens is 264 g/mol. The van der Waals surface area contributed by atoms with Gasteiger partial charge in [0.25, 0.3) is 0 Å². The van der Waals surface area contributed by atoms with Crippen LogP contribution in [0.15, 0.2) is 30.5 Å². The van der Waals surface area contributed by atoms with Gasteiger partial charge in [0.2, 0.25) is 5.91 Å². The number of piperidine rings is 1. The molecule has 0 unspecified atom stereocenters. The van der Waals surface area contributed by atoms with Gasteiger partial charge in [0, 0.05) is 37.8 Å². The smallest absolute Gasteiger partial charge is 0.222 e. The van der Waals surface area contributed by atoms with Crippen molar-refractivity contribution in [1.29, 1.82) is 0 Å². The fraction of sp³-hybridized carbons (Fsp3) is 0.471. The minimum atomic E-state index is 0.237. The number of likely N-dealkylation sites (tertiary alicyclic amines) is 1. The number of nitrogens with zero attached hydrogens (tertiary/aromatic N) is 1. The van der Waals surface area contributed by atoms with E-state index in [0.29, 0.717) is 12.3 Å². The first-order valence-electron chi connectivity index (χ1n) is 7.71. The van der Waals surface area contributed by atoms with Gasteiger partial charge in [-0.05, 0) is 54.3 Å². The van der Waals surface area contributed by atoms with Crippen molar-refractivity contribution in [3.8, 4) is 0 Å². The van der Waals surface area contributed by atoms with Crippen LogP contribution in [0, 0.1) is 5.92 Å². The van der Waals surface area contributed by atoms with E-state index in [9.17, 15) is 4.79 Å². The molecule has 112 valence electrons. The molecule has 1 amide bonds. The summed E-state index contributed by atoms with van der Waals surface area (Å²) in [5.74, 6) is 0.616. The Hall–Kier alpha value is -1.81. The average Bonchev–Trinajstić information content (AvgIpc) is 3.00. The molecule has 2 aromatic rings. The number of H-pyrrole nitrogens is 1. The van der Waals surface area contributed by atoms with Crippen molar-refractivity contribution in [2.45, 2.75) is 25.7 Å². The van der Waals surface area contributed by atoms with Crippen molar-refractivity contribution in [1.82, 2.24) is 9.88 Å². The lowest BCUT2D eigenvalue weighted by molar-refractivity contribution is -0.132. The monoisotopic (exact) mass is 286 g/mol. The molecule has 4 nitrogen and oxygen atoms in total. The molecule has 2 N–H and O–H groups in total. The van der Waals surface area contributed by atoms with E-state index >= 15 is 0 Å². The number of aryl methyl sites for hydroxylation is 1. The Morgan fingerprint density at radius 2 is 2.10 bits per heavy atom. The number of aliphatic hydroxyl groups excluding tert-OH is 1. The van der Waals surface area contributed by atoms with Gasteiger partial charge in [0.15, 0.2) is 0 Å². The average molecular weight is 286 g/mol. The van der Waals surface area contributed by atoms with Gasteiger partial charge in [-0.1, -0.05) is 6.07 Å². The second kappa shape index (κ2) is 6.31. The summed E-state index contributed by atoms with van der Waals surface area (Å²) in [5, 5.41) is 10.3. The fourth-order valence-electron chi connectivity index (χ4n) is 3.03. The molecule has 1 fully saturated rings. The molecule has 0 saturated carbocycles. The van der Waals surface area contributed by atoms with Crippen LogP contribution in [-0.4, -0.2) is 40.6 Å². The molecule has 4 heteroatoms. The zero-order valence-corrected chi connectivity index (χ0v) is 12.2. The van der Waals surface area contributed by atoms with Crippen LogP contribution in [-0.2, 0) is 11.2 Å². The van der Waals surface area contributed by atoms with Crippen LogP contribution in [0.4, 0.5) is 0 Å². The third-order valence-corrected chi connectivity index (χ3v) is 4.47. The van der Waals surface area contributed by atoms with Gasteiger partial charge in [-0.2, -0.15) is 0 Å². The van der Waals surface area contributed by atoms with Crippen LogP contribution in [0.3, 0.4) is 0 Å². The van der Waals surface area contributed by atoms with Crippen molar-refractivity contribution in [3.63, 3.8) is 0 Å². The molecule has 0 atom stereocenters. The number of benzene rings is 1. The van der Waals surface area contributed by atoms with E-state index in [1.807, 2.05) is 11.1 Å². The number of hydrogen-bond acceptors (Lipinski definition) is 2. The number of hydrogen-bond donors (Lipinski definition) is 2. The second-order valence-corrected chi connectivity index (χ2v) is 5.91. The molecule has 1 aromatic carbocycles. The van der Waals surface area contributed by atoms with Gasteiger partial charge in [-0.25, -0.2) is 0 Å². The summed E-state index contributed by atoms with van der Waals surface area (Å²) >= 11 is 0. The summed E-state index contributed by atoms with van der Waals surface area (Å²) in [4.78, 5) is 17.4. The number of nitrogens with one attached hydrogen (secondary N) is 1. The number of amides is 1. The van der Waals surface area contributed by atoms with Crippen LogP contribution in [0.1, 0.15) is 24.8 Å². The molecule has 21 heavy (non-hydrogen) atoms. The molecule has 0 radical (unpaired) electrons. The van der Waals surface area contributed by atoms with Crippen LogP contribution < -0.4 is 0 Å². The number of carbonyl (C=O) groups excluding carboxylic acids is 1. The Balaban J connectivity index is 1.53. The summed E-state index contributed by atoms with van der Waals surface area (Å²) in [6.45, 7) is 1.83. The number of fused-ring (bicyclic) bond motifs is 1. The van der Waals surface area contributed by atoms with Crippen molar-refractivity contribution >= 4 is 16.8 Å². The third-order valence-electron chi connectivity index (χ3n) is 4.47. The van der Waals surface area contributed by atoms with Gasteiger partial charge in [0.1, 0.15) is 0 Å². The Kier molecular flexibility index (Phi) is 4.25. The number of carbonyl (C=O) groups is 1. The summed E-state index contributed by atoms with van der Waals surface area (Å²) in [7, 11) is 0. The highest BCUT2D eigenvalue weighted by molar-refractivity contribution is 5.80. The lowest BCUT2D eigenvalue weighted by atomic mass is 9.97. The van der Waals surface area contributed by atoms with Gasteiger partial charge < -0.3 is 15.0 Å². The zero-order chi connectivity index (χ0) is 14.7. The third kappa shape index (κ3) is 3.27. The van der Waals surface area contributed by atoms with Crippen molar-refractivity contribution in [3.05, 3.63) is 36.0 Å². The molecule has 3 rings (SSSR count). The summed E-state index contributed by atoms with van der Waals surface area (Å²) < 4.78 is 0. The summed E-state index contributed by atoms with van der Waals surface area (Å²) in [5.41, 5.74) is 2.34. The van der Waals surface area contributed by atoms with E-state index in [-0.39, 0.29) is 12.5 Å². The van der Waals surface area contributed by atoms with Gasteiger partial charge in [0.05, 0.1) is 0 Å². The lowest BCUT2D eigenvalue weighted by Gasteiger charge is -2.31. The quantitative estimate of drug-likeness (QED) is 0.906. The van der Waals surface area contributed by atoms with E-state index < -0.39 is 0 Å². The van der Waals surface area contributed by atoms with Crippen molar-refractivity contribution < 1.29 is 9.90 Å². The van der Waals surface area contributed by atoms with E-state index in [1.54, 1.807) is 0 Å². The topological polar surface area (TPSA) is 56.3 Å². The largest absolute Gasteiger partial charge is 0.396 e. The molecule has 0 spiro atoms. The molecule has 0 aliphatic carbocycles. The van der Waals surface area contributed by atoms with Crippen LogP contribution in [0.25, 0.3) is 10.9 Å². The van der Waals surface area contributed by atoms with Gasteiger partial charge in [-0.3, -0.25) is 4.79 Å². The first-order chi connectivity index (χ1) is 10.3. The number of aromatic nitrogens is 1. The van der Waals surface area contributed by atoms with Crippen LogP contribution in [0.2, 0.25) is 0 Å². The van der Waals surface area contributed by atoms with E-state index in [1.165, 1.54) is 10.9 Å². The maximum absolute atomic E-state index is 12.2. The molecule has 1 saturated heterocycles. The van der Waals surface area contributed by atoms with Crippen molar-refractivity contribution in [2.24, 2.45) is 5.92 Å². The molecule has 2 heterocycles. The van der Waals surface area contributed by atoms with Crippen LogP contribution in [0.5, 0.6) is 0 Å². The van der Waals surface area contributed by atoms with E-state index in [2.05, 4.69) is 29.2 Å². The second-order valence-electron chi connectivity index (χ2n) is 5.91. The Morgan fingerprint density at radius 1 is 1.29 bits per heavy atom. The first kappa shape index (κ1) is 14.1. The standard InChI is InChI=1S/C17H22N2O2/c20-12-14-6-9-19(10-7-14)17(21)4-2-13-1-3-16-15(11-13)5-8-18-16/h1,3,5,8,11,14,18,20H,2,4,6-7,9-10,12H2.